The fourth-order valence-corrected chi connectivity index (χ4v) is 12.8. The van der Waals surface area contributed by atoms with Gasteiger partial charge in [-0.3, -0.25) is 24.7 Å². The first-order valence-electron chi connectivity index (χ1n) is 26.1. The Morgan fingerprint density at radius 1 is 1.01 bits per heavy atom. The molecule has 0 bridgehead atoms. The quantitative estimate of drug-likeness (QED) is 0.0449. The largest absolute Gasteiger partial charge is 0.478 e. The van der Waals surface area contributed by atoms with Crippen LogP contribution < -0.4 is 30.1 Å². The minimum Gasteiger partial charge on any atom is -0.478 e. The van der Waals surface area contributed by atoms with Crippen molar-refractivity contribution >= 4 is 50.0 Å². The standard InChI is InChI=1S/C55H66FN11O8S/c1-34(2)40-7-5-6-8-41(40)46-33-64(32-36-13-18-58-49(57)23-36)21-22-66(46)38-27-55(28-38)16-19-65(20-17-55)37-9-10-42(47(24-37)75-48-26-43-44(56)31-61-50(43)62-53(48)74-4)52(68)63-76(72,73)39-25-45(67(70)71)51(60-30-39)59-29-35-11-14-54(3,69)15-12-35/h5-10,13,18,23-26,30-31,34-35,38,46,69H,11-12,14-17,19-22,27-29,32-33H2,1-4H3,(H2,57,58)(H,59,60)(H,61,62)(H,63,68)/t35?,46-,54?/m0/s1. The van der Waals surface area contributed by atoms with E-state index in [1.54, 1.807) is 25.3 Å². The average molecular weight is 1060 g/mol. The van der Waals surface area contributed by atoms with Gasteiger partial charge < -0.3 is 35.5 Å². The number of aromatic amines is 1. The zero-order valence-electron chi connectivity index (χ0n) is 43.3. The van der Waals surface area contributed by atoms with Crippen LogP contribution in [0, 0.1) is 27.3 Å². The number of hydrogen-bond acceptors (Lipinski definition) is 16. The number of aromatic nitrogens is 4. The molecule has 4 aliphatic rings. The van der Waals surface area contributed by atoms with Gasteiger partial charge in [-0.2, -0.15) is 4.98 Å². The smallest absolute Gasteiger partial charge is 0.312 e. The number of fused-ring (bicyclic) bond motifs is 1. The van der Waals surface area contributed by atoms with Gasteiger partial charge in [-0.05, 0) is 116 Å². The van der Waals surface area contributed by atoms with Crippen LogP contribution in [0.4, 0.5) is 27.4 Å². The highest BCUT2D eigenvalue weighted by atomic mass is 32.2. The van der Waals surface area contributed by atoms with Crippen LogP contribution in [0.25, 0.3) is 11.0 Å². The third kappa shape index (κ3) is 11.1. The Bertz CT molecular complexity index is 3240. The molecule has 21 heteroatoms. The number of ether oxygens (including phenoxy) is 2. The van der Waals surface area contributed by atoms with E-state index >= 15 is 0 Å². The number of benzene rings is 2. The molecule has 0 unspecified atom stereocenters. The van der Waals surface area contributed by atoms with Crippen molar-refractivity contribution < 1.29 is 37.1 Å². The molecule has 4 fully saturated rings. The van der Waals surface area contributed by atoms with E-state index in [-0.39, 0.29) is 57.2 Å². The Balaban J connectivity index is 0.859. The first-order valence-corrected chi connectivity index (χ1v) is 27.6. The Morgan fingerprint density at radius 2 is 1.78 bits per heavy atom. The van der Waals surface area contributed by atoms with Gasteiger partial charge in [0, 0.05) is 94.2 Å². The van der Waals surface area contributed by atoms with Crippen molar-refractivity contribution in [3.05, 3.63) is 124 Å². The first-order chi connectivity index (χ1) is 36.4. The van der Waals surface area contributed by atoms with E-state index in [1.807, 2.05) is 12.1 Å². The molecule has 6 N–H and O–H groups in total. The number of nitrogens with one attached hydrogen (secondary N) is 3. The van der Waals surface area contributed by atoms with Gasteiger partial charge in [0.1, 0.15) is 27.9 Å². The maximum atomic E-state index is 14.9. The van der Waals surface area contributed by atoms with Crippen molar-refractivity contribution in [2.75, 3.05) is 62.3 Å². The van der Waals surface area contributed by atoms with Crippen LogP contribution in [-0.2, 0) is 16.6 Å². The number of nitrogens with two attached hydrogens (primary N) is 1. The number of carbonyl (C=O) groups is 1. The second-order valence-corrected chi connectivity index (χ2v) is 23.5. The number of carbonyl (C=O) groups excluding carboxylic acids is 1. The SMILES string of the molecule is COc1nc2[nH]cc(F)c2cc1Oc1cc(N2CCC3(CC2)CC(N2CCN(Cc4ccnc(N)c4)C[C@H]2c2ccccc2C(C)C)C3)ccc1C(=O)NS(=O)(=O)c1cnc(NCC2CCC(C)(O)CC2)c([N+](=O)[O-])c1. The van der Waals surface area contributed by atoms with E-state index in [0.29, 0.717) is 50.0 Å². The van der Waals surface area contributed by atoms with Crippen molar-refractivity contribution in [2.45, 2.75) is 107 Å². The van der Waals surface area contributed by atoms with Gasteiger partial charge in [0.15, 0.2) is 5.75 Å². The van der Waals surface area contributed by atoms with Crippen LogP contribution in [0.3, 0.4) is 0 Å². The van der Waals surface area contributed by atoms with Gasteiger partial charge in [-0.1, -0.05) is 38.1 Å². The van der Waals surface area contributed by atoms with Crippen LogP contribution in [0.1, 0.15) is 111 Å². The van der Waals surface area contributed by atoms with E-state index < -0.39 is 42.9 Å². The number of pyridine rings is 3. The lowest BCUT2D eigenvalue weighted by atomic mass is 9.59. The highest BCUT2D eigenvalue weighted by molar-refractivity contribution is 7.90. The van der Waals surface area contributed by atoms with Crippen molar-refractivity contribution in [1.29, 1.82) is 0 Å². The molecule has 1 spiro atoms. The van der Waals surface area contributed by atoms with E-state index in [0.717, 1.165) is 94.7 Å². The van der Waals surface area contributed by atoms with Gasteiger partial charge in [-0.15, -0.1) is 0 Å². The Morgan fingerprint density at radius 3 is 2.50 bits per heavy atom. The number of anilines is 3. The monoisotopic (exact) mass is 1060 g/mol. The number of rotatable bonds is 16. The summed E-state index contributed by atoms with van der Waals surface area (Å²) in [6.07, 6.45) is 10.5. The van der Waals surface area contributed by atoms with E-state index in [2.05, 4.69) is 82.8 Å². The highest BCUT2D eigenvalue weighted by Gasteiger charge is 2.50. The van der Waals surface area contributed by atoms with Gasteiger partial charge in [0.2, 0.25) is 5.82 Å². The van der Waals surface area contributed by atoms with E-state index in [4.69, 9.17) is 15.2 Å². The summed E-state index contributed by atoms with van der Waals surface area (Å²) in [6.45, 7) is 11.7. The Kier molecular flexibility index (Phi) is 14.7. The third-order valence-corrected chi connectivity index (χ3v) is 17.5. The van der Waals surface area contributed by atoms with Crippen molar-refractivity contribution in [3.8, 4) is 17.4 Å². The molecule has 76 heavy (non-hydrogen) atoms. The van der Waals surface area contributed by atoms with Crippen LogP contribution in [0.15, 0.2) is 90.2 Å². The number of nitrogens with zero attached hydrogens (tertiary/aromatic N) is 7. The number of piperidine rings is 1. The molecular formula is C55H66FN11O8S. The minimum absolute atomic E-state index is 0.0177. The fraction of sp³-hybridized carbons (Fsp3) is 0.455. The van der Waals surface area contributed by atoms with Crippen LogP contribution >= 0.6 is 0 Å². The number of methoxy groups -OCH3 is 1. The molecule has 6 heterocycles. The molecule has 2 aliphatic carbocycles. The molecule has 1 amide bonds. The van der Waals surface area contributed by atoms with Crippen molar-refractivity contribution in [3.63, 3.8) is 0 Å². The number of H-pyrrole nitrogens is 1. The van der Waals surface area contributed by atoms with Gasteiger partial charge >= 0.3 is 5.69 Å². The maximum Gasteiger partial charge on any atom is 0.312 e. The molecule has 10 rings (SSSR count). The number of sulfonamides is 1. The zero-order valence-corrected chi connectivity index (χ0v) is 44.1. The summed E-state index contributed by atoms with van der Waals surface area (Å²) >= 11 is 0. The molecule has 2 saturated carbocycles. The molecular weight excluding hydrogens is 994 g/mol. The molecule has 19 nitrogen and oxygen atoms in total. The first kappa shape index (κ1) is 52.5. The fourth-order valence-electron chi connectivity index (χ4n) is 11.9. The topological polar surface area (TPSA) is 247 Å². The van der Waals surface area contributed by atoms with Gasteiger partial charge in [0.25, 0.3) is 21.8 Å². The molecule has 4 aromatic heterocycles. The van der Waals surface area contributed by atoms with E-state index in [1.165, 1.54) is 30.4 Å². The summed E-state index contributed by atoms with van der Waals surface area (Å²) < 4.78 is 56.6. The lowest BCUT2D eigenvalue weighted by Crippen LogP contribution is -2.60. The Labute approximate surface area is 441 Å². The lowest BCUT2D eigenvalue weighted by molar-refractivity contribution is -0.384. The molecule has 0 radical (unpaired) electrons. The summed E-state index contributed by atoms with van der Waals surface area (Å²) in [5, 5.41) is 25.7. The number of aliphatic hydroxyl groups is 1. The molecule has 2 aromatic carbocycles. The van der Waals surface area contributed by atoms with Gasteiger partial charge in [0.05, 0.1) is 34.8 Å². The molecule has 1 atom stereocenters. The highest BCUT2D eigenvalue weighted by Crippen LogP contribution is 2.53. The number of halogens is 1. The van der Waals surface area contributed by atoms with E-state index in [9.17, 15) is 32.8 Å². The second kappa shape index (κ2) is 21.2. The number of hydrogen-bond donors (Lipinski definition) is 5. The second-order valence-electron chi connectivity index (χ2n) is 21.8. The summed E-state index contributed by atoms with van der Waals surface area (Å²) in [5.74, 6) is -0.865. The lowest BCUT2D eigenvalue weighted by Gasteiger charge is -2.58. The summed E-state index contributed by atoms with van der Waals surface area (Å²) in [4.78, 5) is 48.0. The average Bonchev–Trinajstić information content (AvgIpc) is 3.76. The predicted octanol–water partition coefficient (Wildman–Crippen LogP) is 8.69. The van der Waals surface area contributed by atoms with Crippen LogP contribution in [-0.4, -0.2) is 112 Å². The van der Waals surface area contributed by atoms with Crippen molar-refractivity contribution in [1.82, 2.24) is 34.5 Å². The third-order valence-electron chi connectivity index (χ3n) is 16.2. The number of amides is 1. The number of nitro groups is 1. The molecule has 6 aromatic rings. The number of piperazine rings is 1. The molecule has 2 aliphatic heterocycles. The summed E-state index contributed by atoms with van der Waals surface area (Å²) in [7, 11) is -3.38. The molecule has 402 valence electrons. The zero-order chi connectivity index (χ0) is 53.5. The molecule has 2 saturated heterocycles. The van der Waals surface area contributed by atoms with Crippen molar-refractivity contribution in [2.24, 2.45) is 11.3 Å². The number of nitrogen functional groups attached to an aromatic ring is 1. The predicted molar refractivity (Wildman–Crippen MR) is 287 cm³/mol. The van der Waals surface area contributed by atoms with Gasteiger partial charge in [-0.25, -0.2) is 27.5 Å². The normalized spacial score (nSPS) is 21.4. The summed E-state index contributed by atoms with van der Waals surface area (Å²) in [6, 6.07) is 20.6. The minimum atomic E-state index is -4.74. The Hall–Kier alpha value is -6.94. The van der Waals surface area contributed by atoms with Crippen LogP contribution in [0.2, 0.25) is 0 Å². The van der Waals surface area contributed by atoms with Crippen LogP contribution in [0.5, 0.6) is 17.4 Å². The summed E-state index contributed by atoms with van der Waals surface area (Å²) in [5.41, 5.74) is 9.54. The maximum absolute atomic E-state index is 14.9.